The lowest BCUT2D eigenvalue weighted by molar-refractivity contribution is 0.00578. The summed E-state index contributed by atoms with van der Waals surface area (Å²) >= 11 is 0. The van der Waals surface area contributed by atoms with Gasteiger partial charge in [0.05, 0.1) is 23.1 Å². The fraction of sp³-hybridized carbons (Fsp3) is 0.560. The van der Waals surface area contributed by atoms with Gasteiger partial charge in [-0.3, -0.25) is 0 Å². The Morgan fingerprint density at radius 3 is 2.24 bits per heavy atom. The lowest BCUT2D eigenvalue weighted by Crippen LogP contribution is -2.41. The van der Waals surface area contributed by atoms with Crippen LogP contribution in [0.25, 0.3) is 0 Å². The summed E-state index contributed by atoms with van der Waals surface area (Å²) in [7, 11) is -0.540. The Bertz CT molecular complexity index is 1050. The Morgan fingerprint density at radius 1 is 1.09 bits per heavy atom. The lowest BCUT2D eigenvalue weighted by Gasteiger charge is -2.32. The molecule has 9 heteroatoms. The van der Waals surface area contributed by atoms with Crippen molar-refractivity contribution >= 4 is 30.2 Å². The fourth-order valence-corrected chi connectivity index (χ4v) is 3.46. The maximum atomic E-state index is 13.2. The summed E-state index contributed by atoms with van der Waals surface area (Å²) in [5.41, 5.74) is 0.655. The molecule has 4 rings (SSSR count). The maximum absolute atomic E-state index is 13.2. The molecule has 0 radical (unpaired) electrons. The van der Waals surface area contributed by atoms with Crippen LogP contribution in [0.4, 0.5) is 16.3 Å². The van der Waals surface area contributed by atoms with E-state index in [-0.39, 0.29) is 6.10 Å². The van der Waals surface area contributed by atoms with Crippen LogP contribution in [0, 0.1) is 6.92 Å². The van der Waals surface area contributed by atoms with Crippen molar-refractivity contribution in [3.63, 3.8) is 0 Å². The topological polar surface area (TPSA) is 83.0 Å². The van der Waals surface area contributed by atoms with Crippen LogP contribution in [0.5, 0.6) is 5.88 Å². The van der Waals surface area contributed by atoms with E-state index in [2.05, 4.69) is 9.97 Å². The van der Waals surface area contributed by atoms with Crippen LogP contribution < -0.4 is 15.1 Å². The molecule has 2 aliphatic rings. The van der Waals surface area contributed by atoms with Gasteiger partial charge in [0.15, 0.2) is 0 Å². The molecule has 2 fully saturated rings. The van der Waals surface area contributed by atoms with Crippen LogP contribution in [-0.2, 0) is 14.0 Å². The zero-order valence-corrected chi connectivity index (χ0v) is 21.3. The van der Waals surface area contributed by atoms with Crippen LogP contribution in [0.1, 0.15) is 66.9 Å². The minimum atomic E-state index is -0.671. The number of amides is 1. The highest BCUT2D eigenvalue weighted by Gasteiger charge is 2.52. The van der Waals surface area contributed by atoms with Crippen LogP contribution in [0.2, 0.25) is 0 Å². The van der Waals surface area contributed by atoms with Crippen molar-refractivity contribution in [1.82, 2.24) is 9.97 Å². The minimum absolute atomic E-state index is 0.243. The van der Waals surface area contributed by atoms with Gasteiger partial charge in [-0.2, -0.15) is 0 Å². The first-order valence-electron chi connectivity index (χ1n) is 11.7. The normalized spacial score (nSPS) is 19.1. The zero-order chi connectivity index (χ0) is 24.9. The summed E-state index contributed by atoms with van der Waals surface area (Å²) < 4.78 is 23.8. The number of aromatic nitrogens is 2. The van der Waals surface area contributed by atoms with Crippen LogP contribution in [0.3, 0.4) is 0 Å². The van der Waals surface area contributed by atoms with Gasteiger partial charge in [-0.05, 0) is 85.9 Å². The zero-order valence-electron chi connectivity index (χ0n) is 21.3. The molecule has 2 aromatic heterocycles. The summed E-state index contributed by atoms with van der Waals surface area (Å²) in [6, 6.07) is 5.38. The molecule has 0 N–H and O–H groups in total. The highest BCUT2D eigenvalue weighted by molar-refractivity contribution is 6.62. The quantitative estimate of drug-likeness (QED) is 0.590. The van der Waals surface area contributed by atoms with Crippen molar-refractivity contribution in [1.29, 1.82) is 0 Å². The summed E-state index contributed by atoms with van der Waals surface area (Å²) in [4.78, 5) is 23.6. The number of anilines is 2. The van der Waals surface area contributed by atoms with Crippen molar-refractivity contribution < 1.29 is 23.6 Å². The SMILES string of the molecule is Cc1cc(N(C(=O)OC(C)(C)C)c2ccc(OC3CC3)nc2)ncc1B1OC(C)(C)C(C)(C)O1. The van der Waals surface area contributed by atoms with E-state index in [0.717, 1.165) is 23.9 Å². The average Bonchev–Trinajstić information content (AvgIpc) is 3.47. The third kappa shape index (κ3) is 5.20. The number of rotatable bonds is 5. The number of carbonyl (C=O) groups excluding carboxylic acids is 1. The first-order valence-corrected chi connectivity index (χ1v) is 11.7. The summed E-state index contributed by atoms with van der Waals surface area (Å²) in [5.74, 6) is 0.959. The molecule has 1 saturated carbocycles. The molecule has 1 saturated heterocycles. The smallest absolute Gasteiger partial charge is 0.474 e. The molecule has 0 aromatic carbocycles. The Morgan fingerprint density at radius 2 is 1.74 bits per heavy atom. The van der Waals surface area contributed by atoms with E-state index in [9.17, 15) is 4.79 Å². The number of hydrogen-bond donors (Lipinski definition) is 0. The standard InChI is InChI=1S/C25H34BN3O5/c1-16-13-20(27-15-19(16)26-33-24(5,6)25(7,8)34-26)29(22(30)32-23(2,3)4)17-9-12-21(28-14-17)31-18-10-11-18/h9,12-15,18H,10-11H2,1-8H3. The van der Waals surface area contributed by atoms with E-state index in [1.54, 1.807) is 24.5 Å². The number of nitrogens with zero attached hydrogens (tertiary/aromatic N) is 3. The van der Waals surface area contributed by atoms with Crippen molar-refractivity contribution in [3.8, 4) is 5.88 Å². The molecule has 0 bridgehead atoms. The van der Waals surface area contributed by atoms with Gasteiger partial charge < -0.3 is 18.8 Å². The summed E-state index contributed by atoms with van der Waals surface area (Å²) in [5, 5.41) is 0. The van der Waals surface area contributed by atoms with Gasteiger partial charge in [0, 0.05) is 17.7 Å². The largest absolute Gasteiger partial charge is 0.496 e. The molecule has 0 atom stereocenters. The van der Waals surface area contributed by atoms with E-state index in [1.165, 1.54) is 4.90 Å². The first kappa shape index (κ1) is 24.5. The average molecular weight is 467 g/mol. The highest BCUT2D eigenvalue weighted by atomic mass is 16.7. The number of ether oxygens (including phenoxy) is 2. The van der Waals surface area contributed by atoms with Gasteiger partial charge in [-0.25, -0.2) is 19.7 Å². The Kier molecular flexibility index (Phi) is 6.15. The first-order chi connectivity index (χ1) is 15.8. The number of pyridine rings is 2. The predicted octanol–water partition coefficient (Wildman–Crippen LogP) is 4.70. The van der Waals surface area contributed by atoms with Gasteiger partial charge >= 0.3 is 13.2 Å². The van der Waals surface area contributed by atoms with E-state index in [1.807, 2.05) is 61.5 Å². The molecule has 1 aliphatic heterocycles. The second-order valence-corrected chi connectivity index (χ2v) is 11.0. The summed E-state index contributed by atoms with van der Waals surface area (Å²) in [6.45, 7) is 15.5. The third-order valence-electron chi connectivity index (χ3n) is 6.24. The van der Waals surface area contributed by atoms with Crippen LogP contribution in [-0.4, -0.2) is 46.1 Å². The molecule has 3 heterocycles. The van der Waals surface area contributed by atoms with Crippen LogP contribution >= 0.6 is 0 Å². The Labute approximate surface area is 202 Å². The Hall–Kier alpha value is -2.65. The van der Waals surface area contributed by atoms with E-state index < -0.39 is 30.0 Å². The third-order valence-corrected chi connectivity index (χ3v) is 6.24. The number of carbonyl (C=O) groups is 1. The molecular weight excluding hydrogens is 433 g/mol. The molecule has 1 amide bonds. The van der Waals surface area contributed by atoms with Gasteiger partial charge in [0.1, 0.15) is 17.5 Å². The Balaban J connectivity index is 1.64. The van der Waals surface area contributed by atoms with Gasteiger partial charge in [0.25, 0.3) is 0 Å². The molecule has 1 aliphatic carbocycles. The maximum Gasteiger partial charge on any atom is 0.496 e. The van der Waals surface area contributed by atoms with E-state index >= 15 is 0 Å². The molecule has 0 spiro atoms. The second kappa shape index (κ2) is 8.54. The lowest BCUT2D eigenvalue weighted by atomic mass is 9.77. The molecular formula is C25H34BN3O5. The molecule has 34 heavy (non-hydrogen) atoms. The molecule has 0 unspecified atom stereocenters. The predicted molar refractivity (Wildman–Crippen MR) is 131 cm³/mol. The van der Waals surface area contributed by atoms with Crippen LogP contribution in [0.15, 0.2) is 30.6 Å². The number of aryl methyl sites for hydroxylation is 1. The van der Waals surface area contributed by atoms with Gasteiger partial charge in [-0.15, -0.1) is 0 Å². The van der Waals surface area contributed by atoms with E-state index in [4.69, 9.17) is 18.8 Å². The highest BCUT2D eigenvalue weighted by Crippen LogP contribution is 2.37. The van der Waals surface area contributed by atoms with Crippen molar-refractivity contribution in [2.24, 2.45) is 0 Å². The monoisotopic (exact) mass is 467 g/mol. The fourth-order valence-electron chi connectivity index (χ4n) is 3.46. The van der Waals surface area contributed by atoms with Crippen molar-refractivity contribution in [2.75, 3.05) is 4.90 Å². The molecule has 2 aromatic rings. The second-order valence-electron chi connectivity index (χ2n) is 11.0. The minimum Gasteiger partial charge on any atom is -0.474 e. The summed E-state index contributed by atoms with van der Waals surface area (Å²) in [6.07, 6.45) is 5.09. The number of hydrogen-bond acceptors (Lipinski definition) is 7. The molecule has 182 valence electrons. The molecule has 8 nitrogen and oxygen atoms in total. The van der Waals surface area contributed by atoms with Gasteiger partial charge in [-0.1, -0.05) is 0 Å². The van der Waals surface area contributed by atoms with Crippen molar-refractivity contribution in [3.05, 3.63) is 36.2 Å². The van der Waals surface area contributed by atoms with E-state index in [0.29, 0.717) is 17.4 Å². The van der Waals surface area contributed by atoms with Crippen molar-refractivity contribution in [2.45, 2.75) is 91.1 Å². The van der Waals surface area contributed by atoms with Gasteiger partial charge in [0.2, 0.25) is 5.88 Å².